The van der Waals surface area contributed by atoms with E-state index in [-0.39, 0.29) is 11.1 Å². The summed E-state index contributed by atoms with van der Waals surface area (Å²) in [7, 11) is 0. The van der Waals surface area contributed by atoms with Crippen LogP contribution in [0, 0.1) is 5.92 Å². The fourth-order valence-electron chi connectivity index (χ4n) is 5.27. The molecule has 0 aromatic heterocycles. The van der Waals surface area contributed by atoms with Crippen molar-refractivity contribution >= 4 is 0 Å². The molecule has 3 rings (SSSR count). The lowest BCUT2D eigenvalue weighted by molar-refractivity contribution is -0.323. The number of hydrogen-bond acceptors (Lipinski definition) is 1. The first-order valence-corrected chi connectivity index (χ1v) is 8.14. The smallest absolute Gasteiger partial charge is 0.0502 e. The van der Waals surface area contributed by atoms with Crippen molar-refractivity contribution in [3.63, 3.8) is 0 Å². The van der Waals surface area contributed by atoms with Crippen LogP contribution in [0.1, 0.15) is 84.0 Å². The zero-order valence-corrected chi connectivity index (χ0v) is 11.9. The van der Waals surface area contributed by atoms with Crippen LogP contribution in [-0.2, 0) is 5.21 Å². The first-order chi connectivity index (χ1) is 8.67. The van der Waals surface area contributed by atoms with Gasteiger partial charge in [0, 0.05) is 0 Å². The van der Waals surface area contributed by atoms with E-state index in [4.69, 9.17) is 0 Å². The van der Waals surface area contributed by atoms with Gasteiger partial charge >= 0.3 is 0 Å². The summed E-state index contributed by atoms with van der Waals surface area (Å²) in [6.07, 6.45) is 14.8. The summed E-state index contributed by atoms with van der Waals surface area (Å²) >= 11 is 0. The number of hydrogen-bond donors (Lipinski definition) is 0. The normalized spacial score (nSPS) is 36.0. The first-order valence-electron chi connectivity index (χ1n) is 8.14. The van der Waals surface area contributed by atoms with Crippen LogP contribution in [0.5, 0.6) is 0 Å². The van der Waals surface area contributed by atoms with Gasteiger partial charge in [0.1, 0.15) is 0 Å². The lowest BCUT2D eigenvalue weighted by Gasteiger charge is -2.57. The average Bonchev–Trinajstić information content (AvgIpc) is 2.38. The molecule has 3 aliphatic rings. The highest BCUT2D eigenvalue weighted by molar-refractivity contribution is 5.05. The van der Waals surface area contributed by atoms with E-state index in [0.29, 0.717) is 0 Å². The number of piperidine rings is 1. The Bertz CT molecular complexity index is 261. The first kappa shape index (κ1) is 12.9. The van der Waals surface area contributed by atoms with Crippen molar-refractivity contribution in [2.45, 2.75) is 95.1 Å². The lowest BCUT2D eigenvalue weighted by atomic mass is 9.64. The van der Waals surface area contributed by atoms with Crippen molar-refractivity contribution in [2.24, 2.45) is 5.92 Å². The zero-order valence-electron chi connectivity index (χ0n) is 11.9. The summed E-state index contributed by atoms with van der Waals surface area (Å²) in [6, 6.07) is 0. The Morgan fingerprint density at radius 1 is 0.778 bits per heavy atom. The molecule has 1 saturated heterocycles. The number of rotatable bonds is 0. The Morgan fingerprint density at radius 3 is 1.56 bits per heavy atom. The van der Waals surface area contributed by atoms with Gasteiger partial charge in [0.25, 0.3) is 0 Å². The maximum absolute atomic E-state index is 13.1. The Kier molecular flexibility index (Phi) is 3.44. The molecule has 3 fully saturated rings. The van der Waals surface area contributed by atoms with Crippen LogP contribution in [-0.4, -0.2) is 16.1 Å². The Labute approximate surface area is 112 Å². The quantitative estimate of drug-likeness (QED) is 0.622. The second-order valence-electron chi connectivity index (χ2n) is 7.38. The van der Waals surface area contributed by atoms with Crippen molar-refractivity contribution in [3.05, 3.63) is 0 Å². The van der Waals surface area contributed by atoms with E-state index in [1.807, 2.05) is 0 Å². The molecule has 2 nitrogen and oxygen atoms in total. The topological polar surface area (TPSA) is 23.1 Å². The third-order valence-corrected chi connectivity index (χ3v) is 5.89. The molecule has 2 heteroatoms. The molecule has 0 amide bonds. The van der Waals surface area contributed by atoms with Crippen molar-refractivity contribution in [1.82, 2.24) is 5.06 Å². The highest BCUT2D eigenvalue weighted by atomic mass is 16.5. The maximum atomic E-state index is 13.1. The molecule has 0 atom stereocenters. The number of nitrogens with zero attached hydrogens (tertiary/aromatic N) is 1. The molecule has 103 valence electrons. The van der Waals surface area contributed by atoms with Gasteiger partial charge in [-0.05, 0) is 44.4 Å². The van der Waals surface area contributed by atoms with E-state index in [1.165, 1.54) is 64.2 Å². The van der Waals surface area contributed by atoms with Crippen LogP contribution < -0.4 is 0 Å². The molecule has 0 unspecified atom stereocenters. The molecule has 1 radical (unpaired) electrons. The van der Waals surface area contributed by atoms with E-state index in [9.17, 15) is 5.21 Å². The van der Waals surface area contributed by atoms with Crippen LogP contribution in [0.3, 0.4) is 0 Å². The van der Waals surface area contributed by atoms with Gasteiger partial charge in [0.05, 0.1) is 11.1 Å². The standard InChI is InChI=1S/C16H28NO/c1-14-12-15(8-4-2-5-9-15)17(18)16(13-14)10-6-3-7-11-16/h14H,2-13H2,1H3. The maximum Gasteiger partial charge on any atom is 0.0502 e. The molecule has 18 heavy (non-hydrogen) atoms. The molecule has 0 bridgehead atoms. The molecule has 2 aliphatic carbocycles. The SMILES string of the molecule is CC1CC2(CCCCC2)N([O])C2(CCCCC2)C1. The highest BCUT2D eigenvalue weighted by Crippen LogP contribution is 2.52. The molecule has 1 aliphatic heterocycles. The van der Waals surface area contributed by atoms with Gasteiger partial charge in [-0.15, -0.1) is 10.3 Å². The van der Waals surface area contributed by atoms with Crippen LogP contribution in [0.25, 0.3) is 0 Å². The molecular weight excluding hydrogens is 222 g/mol. The van der Waals surface area contributed by atoms with Gasteiger partial charge in [-0.3, -0.25) is 0 Å². The molecule has 0 aromatic rings. The summed E-state index contributed by atoms with van der Waals surface area (Å²) in [6.45, 7) is 2.39. The van der Waals surface area contributed by atoms with E-state index < -0.39 is 0 Å². The average molecular weight is 250 g/mol. The third-order valence-electron chi connectivity index (χ3n) is 5.89. The van der Waals surface area contributed by atoms with E-state index >= 15 is 0 Å². The van der Waals surface area contributed by atoms with Gasteiger partial charge in [-0.1, -0.05) is 45.4 Å². The Morgan fingerprint density at radius 2 is 1.17 bits per heavy atom. The van der Waals surface area contributed by atoms with Gasteiger partial charge < -0.3 is 0 Å². The summed E-state index contributed by atoms with van der Waals surface area (Å²) in [5.41, 5.74) is 0.0700. The van der Waals surface area contributed by atoms with E-state index in [2.05, 4.69) is 6.92 Å². The Hall–Kier alpha value is -0.0800. The van der Waals surface area contributed by atoms with Crippen LogP contribution in [0.15, 0.2) is 0 Å². The van der Waals surface area contributed by atoms with Crippen molar-refractivity contribution in [3.8, 4) is 0 Å². The number of hydroxylamine groups is 2. The molecule has 0 aromatic carbocycles. The van der Waals surface area contributed by atoms with Crippen molar-refractivity contribution in [2.75, 3.05) is 0 Å². The summed E-state index contributed by atoms with van der Waals surface area (Å²) in [4.78, 5) is 0. The second-order valence-corrected chi connectivity index (χ2v) is 7.38. The van der Waals surface area contributed by atoms with Crippen LogP contribution >= 0.6 is 0 Å². The van der Waals surface area contributed by atoms with Crippen LogP contribution in [0.4, 0.5) is 0 Å². The van der Waals surface area contributed by atoms with Gasteiger partial charge in [0.2, 0.25) is 0 Å². The third kappa shape index (κ3) is 2.02. The van der Waals surface area contributed by atoms with Gasteiger partial charge in [-0.25, -0.2) is 0 Å². The highest BCUT2D eigenvalue weighted by Gasteiger charge is 2.54. The second kappa shape index (κ2) is 4.79. The van der Waals surface area contributed by atoms with Crippen molar-refractivity contribution < 1.29 is 5.21 Å². The van der Waals surface area contributed by atoms with Gasteiger partial charge in [0.15, 0.2) is 0 Å². The van der Waals surface area contributed by atoms with Crippen molar-refractivity contribution in [1.29, 1.82) is 0 Å². The molecule has 2 saturated carbocycles. The monoisotopic (exact) mass is 250 g/mol. The minimum Gasteiger partial charge on any atom is -0.143 e. The zero-order chi connectivity index (χ0) is 12.6. The fraction of sp³-hybridized carbons (Fsp3) is 1.00. The van der Waals surface area contributed by atoms with Gasteiger partial charge in [-0.2, -0.15) is 0 Å². The largest absolute Gasteiger partial charge is 0.143 e. The summed E-state index contributed by atoms with van der Waals surface area (Å²) < 4.78 is 0. The molecule has 2 spiro atoms. The lowest BCUT2D eigenvalue weighted by Crippen LogP contribution is -2.64. The predicted molar refractivity (Wildman–Crippen MR) is 72.6 cm³/mol. The molecular formula is C16H28NO. The van der Waals surface area contributed by atoms with E-state index in [0.717, 1.165) is 18.8 Å². The fourth-order valence-corrected chi connectivity index (χ4v) is 5.27. The van der Waals surface area contributed by atoms with E-state index in [1.54, 1.807) is 5.06 Å². The summed E-state index contributed by atoms with van der Waals surface area (Å²) in [5.74, 6) is 0.756. The predicted octanol–water partition coefficient (Wildman–Crippen LogP) is 4.47. The minimum absolute atomic E-state index is 0.0350. The molecule has 1 heterocycles. The van der Waals surface area contributed by atoms with Crippen LogP contribution in [0.2, 0.25) is 0 Å². The minimum atomic E-state index is 0.0350. The molecule has 0 N–H and O–H groups in total. The Balaban J connectivity index is 1.86. The summed E-state index contributed by atoms with van der Waals surface area (Å²) in [5, 5.41) is 14.8.